The third kappa shape index (κ3) is 2.86. The van der Waals surface area contributed by atoms with Gasteiger partial charge in [0.2, 0.25) is 0 Å². The summed E-state index contributed by atoms with van der Waals surface area (Å²) < 4.78 is 5.71. The van der Waals surface area contributed by atoms with Crippen molar-refractivity contribution in [1.29, 1.82) is 0 Å². The molecule has 5 heteroatoms. The van der Waals surface area contributed by atoms with Gasteiger partial charge in [0.25, 0.3) is 5.91 Å². The molecule has 1 N–H and O–H groups in total. The normalized spacial score (nSPS) is 22.5. The highest BCUT2D eigenvalue weighted by molar-refractivity contribution is 6.30. The minimum absolute atomic E-state index is 0.108. The molecule has 2 saturated heterocycles. The van der Waals surface area contributed by atoms with Gasteiger partial charge in [-0.2, -0.15) is 0 Å². The molecule has 0 aliphatic carbocycles. The number of piperidine rings is 1. The summed E-state index contributed by atoms with van der Waals surface area (Å²) in [5.74, 6) is 0.900. The maximum absolute atomic E-state index is 12.8. The van der Waals surface area contributed by atoms with Gasteiger partial charge in [0.05, 0.1) is 5.57 Å². The van der Waals surface area contributed by atoms with Crippen LogP contribution in [0.5, 0.6) is 5.75 Å². The Morgan fingerprint density at radius 3 is 2.83 bits per heavy atom. The summed E-state index contributed by atoms with van der Waals surface area (Å²) >= 11 is 6.04. The highest BCUT2D eigenvalue weighted by atomic mass is 35.5. The molecule has 0 aromatic heterocycles. The summed E-state index contributed by atoms with van der Waals surface area (Å²) in [6.07, 6.45) is 5.37. The number of carbonyl (C=O) groups excluding carboxylic acids is 1. The lowest BCUT2D eigenvalue weighted by molar-refractivity contribution is -0.129. The molecule has 3 aliphatic rings. The third-order valence-electron chi connectivity index (χ3n) is 5.40. The van der Waals surface area contributed by atoms with E-state index in [1.165, 1.54) is 6.42 Å². The van der Waals surface area contributed by atoms with Gasteiger partial charge >= 0.3 is 0 Å². The second-order valence-electron chi connectivity index (χ2n) is 6.86. The van der Waals surface area contributed by atoms with E-state index in [0.29, 0.717) is 17.0 Å². The summed E-state index contributed by atoms with van der Waals surface area (Å²) in [5, 5.41) is 4.12. The molecule has 3 aliphatic heterocycles. The highest BCUT2D eigenvalue weighted by Crippen LogP contribution is 2.37. The van der Waals surface area contributed by atoms with Crippen LogP contribution in [0.4, 0.5) is 0 Å². The monoisotopic (exact) mass is 332 g/mol. The Hall–Kier alpha value is -1.52. The molecule has 4 nitrogen and oxygen atoms in total. The van der Waals surface area contributed by atoms with Gasteiger partial charge in [0.15, 0.2) is 0 Å². The molecule has 1 spiro atoms. The number of likely N-dealkylation sites (tertiary alicyclic amines) is 1. The molecule has 4 rings (SSSR count). The third-order valence-corrected chi connectivity index (χ3v) is 5.64. The number of nitrogens with zero attached hydrogens (tertiary/aromatic N) is 1. The van der Waals surface area contributed by atoms with Gasteiger partial charge in [-0.1, -0.05) is 11.6 Å². The first-order chi connectivity index (χ1) is 11.2. The first-order valence-electron chi connectivity index (χ1n) is 8.28. The Kier molecular flexibility index (Phi) is 3.82. The van der Waals surface area contributed by atoms with E-state index < -0.39 is 0 Å². The first kappa shape index (κ1) is 15.0. The Morgan fingerprint density at radius 1 is 1.26 bits per heavy atom. The zero-order chi connectivity index (χ0) is 15.9. The predicted molar refractivity (Wildman–Crippen MR) is 90.7 cm³/mol. The van der Waals surface area contributed by atoms with E-state index in [1.54, 1.807) is 6.07 Å². The van der Waals surface area contributed by atoms with Crippen molar-refractivity contribution in [2.75, 3.05) is 32.8 Å². The van der Waals surface area contributed by atoms with E-state index in [-0.39, 0.29) is 5.91 Å². The zero-order valence-electron chi connectivity index (χ0n) is 13.1. The van der Waals surface area contributed by atoms with E-state index in [9.17, 15) is 4.79 Å². The molecule has 1 aromatic carbocycles. The van der Waals surface area contributed by atoms with Crippen LogP contribution in [0.25, 0.3) is 6.08 Å². The number of benzene rings is 1. The van der Waals surface area contributed by atoms with Crippen LogP contribution in [0.15, 0.2) is 23.8 Å². The van der Waals surface area contributed by atoms with Crippen LogP contribution in [-0.4, -0.2) is 43.6 Å². The summed E-state index contributed by atoms with van der Waals surface area (Å²) in [4.78, 5) is 14.8. The number of ether oxygens (including phenoxy) is 1. The molecule has 0 radical (unpaired) electrons. The van der Waals surface area contributed by atoms with Crippen LogP contribution in [0.2, 0.25) is 5.02 Å². The zero-order valence-corrected chi connectivity index (χ0v) is 13.9. The van der Waals surface area contributed by atoms with Gasteiger partial charge in [0.1, 0.15) is 12.4 Å². The maximum atomic E-state index is 12.8. The lowest BCUT2D eigenvalue weighted by atomic mass is 9.77. The van der Waals surface area contributed by atoms with Crippen molar-refractivity contribution >= 4 is 23.6 Å². The van der Waals surface area contributed by atoms with Crippen molar-refractivity contribution in [1.82, 2.24) is 10.2 Å². The van der Waals surface area contributed by atoms with Gasteiger partial charge in [-0.15, -0.1) is 0 Å². The number of hydrogen-bond donors (Lipinski definition) is 1. The van der Waals surface area contributed by atoms with Crippen molar-refractivity contribution in [3.63, 3.8) is 0 Å². The van der Waals surface area contributed by atoms with E-state index in [2.05, 4.69) is 5.32 Å². The van der Waals surface area contributed by atoms with Gasteiger partial charge in [-0.25, -0.2) is 0 Å². The SMILES string of the molecule is O=C(C1=Cc2cc(Cl)ccc2OC1)N1CCC2(CCNC2)CC1. The average Bonchev–Trinajstić information content (AvgIpc) is 3.02. The molecular formula is C18H21ClN2O2. The summed E-state index contributed by atoms with van der Waals surface area (Å²) in [6.45, 7) is 4.26. The standard InChI is InChI=1S/C18H21ClN2O2/c19-15-1-2-16-13(10-15)9-14(11-23-16)17(22)21-7-4-18(5-8-21)3-6-20-12-18/h1-2,9-10,20H,3-8,11-12H2. The Morgan fingerprint density at radius 2 is 2.09 bits per heavy atom. The van der Waals surface area contributed by atoms with Crippen molar-refractivity contribution in [3.8, 4) is 5.75 Å². The molecule has 2 fully saturated rings. The fraction of sp³-hybridized carbons (Fsp3) is 0.500. The molecule has 0 atom stereocenters. The van der Waals surface area contributed by atoms with Gasteiger partial charge in [0, 0.05) is 30.2 Å². The summed E-state index contributed by atoms with van der Waals surface area (Å²) in [7, 11) is 0. The smallest absolute Gasteiger partial charge is 0.253 e. The summed E-state index contributed by atoms with van der Waals surface area (Å²) in [5.41, 5.74) is 2.04. The molecule has 122 valence electrons. The van der Waals surface area contributed by atoms with Crippen molar-refractivity contribution < 1.29 is 9.53 Å². The van der Waals surface area contributed by atoms with E-state index in [0.717, 1.165) is 55.9 Å². The van der Waals surface area contributed by atoms with Crippen molar-refractivity contribution in [2.24, 2.45) is 5.41 Å². The van der Waals surface area contributed by atoms with Gasteiger partial charge in [-0.05, 0) is 55.5 Å². The van der Waals surface area contributed by atoms with Crippen molar-refractivity contribution in [3.05, 3.63) is 34.4 Å². The fourth-order valence-corrected chi connectivity index (χ4v) is 4.06. The first-order valence-corrected chi connectivity index (χ1v) is 8.66. The minimum Gasteiger partial charge on any atom is -0.488 e. The van der Waals surface area contributed by atoms with Crippen LogP contribution in [-0.2, 0) is 4.79 Å². The number of halogens is 1. The van der Waals surface area contributed by atoms with Crippen molar-refractivity contribution in [2.45, 2.75) is 19.3 Å². The fourth-order valence-electron chi connectivity index (χ4n) is 3.88. The van der Waals surface area contributed by atoms with Gasteiger partial charge < -0.3 is 15.0 Å². The van der Waals surface area contributed by atoms with E-state index in [1.807, 2.05) is 23.1 Å². The van der Waals surface area contributed by atoms with Crippen LogP contribution >= 0.6 is 11.6 Å². The second-order valence-corrected chi connectivity index (χ2v) is 7.30. The maximum Gasteiger partial charge on any atom is 0.253 e. The Balaban J connectivity index is 1.47. The molecule has 0 saturated carbocycles. The second kappa shape index (κ2) is 5.84. The lowest BCUT2D eigenvalue weighted by Crippen LogP contribution is -2.45. The minimum atomic E-state index is 0.108. The number of amides is 1. The number of carbonyl (C=O) groups is 1. The largest absolute Gasteiger partial charge is 0.488 e. The molecule has 23 heavy (non-hydrogen) atoms. The van der Waals surface area contributed by atoms with Crippen LogP contribution in [0.1, 0.15) is 24.8 Å². The quantitative estimate of drug-likeness (QED) is 0.859. The molecule has 1 aromatic rings. The van der Waals surface area contributed by atoms with Gasteiger partial charge in [-0.3, -0.25) is 4.79 Å². The van der Waals surface area contributed by atoms with Crippen LogP contribution in [0.3, 0.4) is 0 Å². The lowest BCUT2D eigenvalue weighted by Gasteiger charge is -2.39. The van der Waals surface area contributed by atoms with Crippen LogP contribution < -0.4 is 10.1 Å². The van der Waals surface area contributed by atoms with Crippen LogP contribution in [0, 0.1) is 5.41 Å². The average molecular weight is 333 g/mol. The number of nitrogens with one attached hydrogen (secondary N) is 1. The molecule has 3 heterocycles. The Bertz CT molecular complexity index is 655. The topological polar surface area (TPSA) is 41.6 Å². The molecule has 1 amide bonds. The molecule has 0 bridgehead atoms. The predicted octanol–water partition coefficient (Wildman–Crippen LogP) is 2.72. The molecule has 0 unspecified atom stereocenters. The van der Waals surface area contributed by atoms with E-state index in [4.69, 9.17) is 16.3 Å². The Labute approximate surface area is 141 Å². The number of fused-ring (bicyclic) bond motifs is 1. The number of hydrogen-bond acceptors (Lipinski definition) is 3. The summed E-state index contributed by atoms with van der Waals surface area (Å²) in [6, 6.07) is 5.51. The number of rotatable bonds is 1. The highest BCUT2D eigenvalue weighted by Gasteiger charge is 2.38. The van der Waals surface area contributed by atoms with E-state index >= 15 is 0 Å². The molecular weight excluding hydrogens is 312 g/mol.